The summed E-state index contributed by atoms with van der Waals surface area (Å²) in [5, 5.41) is 0. The highest BCUT2D eigenvalue weighted by molar-refractivity contribution is 5.82. The van der Waals surface area contributed by atoms with E-state index in [1.807, 2.05) is 19.1 Å². The van der Waals surface area contributed by atoms with Crippen LogP contribution in [0.4, 0.5) is 0 Å². The molecule has 2 rings (SSSR count). The summed E-state index contributed by atoms with van der Waals surface area (Å²) in [7, 11) is 0. The molecule has 1 fully saturated rings. The molecule has 1 amide bonds. The van der Waals surface area contributed by atoms with Crippen LogP contribution in [0.15, 0.2) is 24.3 Å². The van der Waals surface area contributed by atoms with E-state index < -0.39 is 0 Å². The van der Waals surface area contributed by atoms with Crippen LogP contribution < -0.4 is 11.3 Å². The SMILES string of the molecule is CCC1COCCN1Cc1ccc(C(C)C(=O)NN)cc1. The van der Waals surface area contributed by atoms with Crippen LogP contribution in [0.3, 0.4) is 0 Å². The van der Waals surface area contributed by atoms with Crippen LogP contribution in [-0.4, -0.2) is 36.6 Å². The van der Waals surface area contributed by atoms with Crippen LogP contribution >= 0.6 is 0 Å². The van der Waals surface area contributed by atoms with Gasteiger partial charge in [0.05, 0.1) is 19.1 Å². The van der Waals surface area contributed by atoms with Crippen molar-refractivity contribution in [3.05, 3.63) is 35.4 Å². The van der Waals surface area contributed by atoms with E-state index in [-0.39, 0.29) is 11.8 Å². The third-order valence-corrected chi connectivity index (χ3v) is 4.22. The molecular formula is C16H25N3O2. The predicted molar refractivity (Wildman–Crippen MR) is 82.5 cm³/mol. The number of carbonyl (C=O) groups is 1. The van der Waals surface area contributed by atoms with Crippen molar-refractivity contribution in [3.8, 4) is 0 Å². The number of hydrogen-bond acceptors (Lipinski definition) is 4. The van der Waals surface area contributed by atoms with E-state index in [2.05, 4.69) is 29.4 Å². The molecule has 1 aromatic carbocycles. The molecule has 5 nitrogen and oxygen atoms in total. The fraction of sp³-hybridized carbons (Fsp3) is 0.562. The molecule has 2 unspecified atom stereocenters. The van der Waals surface area contributed by atoms with Gasteiger partial charge in [-0.3, -0.25) is 15.1 Å². The molecule has 1 aliphatic rings. The molecule has 1 heterocycles. The van der Waals surface area contributed by atoms with Crippen molar-refractivity contribution in [2.45, 2.75) is 38.8 Å². The van der Waals surface area contributed by atoms with Crippen LogP contribution in [0.2, 0.25) is 0 Å². The highest BCUT2D eigenvalue weighted by atomic mass is 16.5. The Morgan fingerprint density at radius 2 is 2.19 bits per heavy atom. The van der Waals surface area contributed by atoms with Gasteiger partial charge < -0.3 is 4.74 Å². The highest BCUT2D eigenvalue weighted by Gasteiger charge is 2.21. The number of carbonyl (C=O) groups excluding carboxylic acids is 1. The van der Waals surface area contributed by atoms with Crippen LogP contribution in [0.1, 0.15) is 37.3 Å². The maximum absolute atomic E-state index is 11.5. The molecular weight excluding hydrogens is 266 g/mol. The lowest BCUT2D eigenvalue weighted by atomic mass is 9.99. The van der Waals surface area contributed by atoms with E-state index in [1.165, 1.54) is 5.56 Å². The Bertz CT molecular complexity index is 461. The lowest BCUT2D eigenvalue weighted by Crippen LogP contribution is -2.44. The molecule has 1 aliphatic heterocycles. The summed E-state index contributed by atoms with van der Waals surface area (Å²) in [6.45, 7) is 7.59. The fourth-order valence-electron chi connectivity index (χ4n) is 2.70. The fourth-order valence-corrected chi connectivity index (χ4v) is 2.70. The Kier molecular flexibility index (Phi) is 5.73. The van der Waals surface area contributed by atoms with Crippen LogP contribution in [0.25, 0.3) is 0 Å². The maximum Gasteiger partial charge on any atom is 0.241 e. The van der Waals surface area contributed by atoms with E-state index >= 15 is 0 Å². The topological polar surface area (TPSA) is 67.6 Å². The number of hydrazine groups is 1. The van der Waals surface area contributed by atoms with Gasteiger partial charge in [0.25, 0.3) is 0 Å². The summed E-state index contributed by atoms with van der Waals surface area (Å²) in [5.41, 5.74) is 4.44. The van der Waals surface area contributed by atoms with Crippen molar-refractivity contribution < 1.29 is 9.53 Å². The second kappa shape index (κ2) is 7.54. The molecule has 0 radical (unpaired) electrons. The minimum absolute atomic E-state index is 0.165. The van der Waals surface area contributed by atoms with Crippen molar-refractivity contribution in [3.63, 3.8) is 0 Å². The number of rotatable bonds is 5. The lowest BCUT2D eigenvalue weighted by Gasteiger charge is -2.35. The van der Waals surface area contributed by atoms with Gasteiger partial charge in [0.1, 0.15) is 0 Å². The zero-order valence-corrected chi connectivity index (χ0v) is 12.8. The quantitative estimate of drug-likeness (QED) is 0.489. The Morgan fingerprint density at radius 3 is 2.81 bits per heavy atom. The first-order chi connectivity index (χ1) is 10.2. The van der Waals surface area contributed by atoms with Gasteiger partial charge in [-0.15, -0.1) is 0 Å². The molecule has 2 atom stereocenters. The third kappa shape index (κ3) is 4.03. The molecule has 1 saturated heterocycles. The molecule has 3 N–H and O–H groups in total. The number of morpholine rings is 1. The number of hydrogen-bond donors (Lipinski definition) is 2. The third-order valence-electron chi connectivity index (χ3n) is 4.22. The average Bonchev–Trinajstić information content (AvgIpc) is 2.54. The van der Waals surface area contributed by atoms with Gasteiger partial charge in [0, 0.05) is 19.1 Å². The molecule has 0 bridgehead atoms. The molecule has 0 spiro atoms. The largest absolute Gasteiger partial charge is 0.378 e. The summed E-state index contributed by atoms with van der Waals surface area (Å²) in [6, 6.07) is 8.71. The van der Waals surface area contributed by atoms with E-state index in [4.69, 9.17) is 10.6 Å². The van der Waals surface area contributed by atoms with Crippen molar-refractivity contribution in [1.82, 2.24) is 10.3 Å². The predicted octanol–water partition coefficient (Wildman–Crippen LogP) is 1.39. The minimum Gasteiger partial charge on any atom is -0.378 e. The first-order valence-corrected chi connectivity index (χ1v) is 7.56. The number of ether oxygens (including phenoxy) is 1. The molecule has 116 valence electrons. The van der Waals surface area contributed by atoms with E-state index in [0.29, 0.717) is 6.04 Å². The summed E-state index contributed by atoms with van der Waals surface area (Å²) in [4.78, 5) is 14.0. The normalized spacial score (nSPS) is 21.0. The van der Waals surface area contributed by atoms with Crippen LogP contribution in [-0.2, 0) is 16.1 Å². The Hall–Kier alpha value is -1.43. The highest BCUT2D eigenvalue weighted by Crippen LogP contribution is 2.19. The summed E-state index contributed by atoms with van der Waals surface area (Å²) >= 11 is 0. The number of nitrogens with two attached hydrogens (primary N) is 1. The van der Waals surface area contributed by atoms with E-state index in [1.54, 1.807) is 0 Å². The minimum atomic E-state index is -0.226. The maximum atomic E-state index is 11.5. The molecule has 21 heavy (non-hydrogen) atoms. The van der Waals surface area contributed by atoms with Crippen molar-refractivity contribution in [1.29, 1.82) is 0 Å². The van der Waals surface area contributed by atoms with Crippen molar-refractivity contribution in [2.75, 3.05) is 19.8 Å². The number of nitrogens with zero attached hydrogens (tertiary/aromatic N) is 1. The van der Waals surface area contributed by atoms with Gasteiger partial charge in [-0.1, -0.05) is 31.2 Å². The second-order valence-corrected chi connectivity index (χ2v) is 5.58. The lowest BCUT2D eigenvalue weighted by molar-refractivity contribution is -0.122. The van der Waals surface area contributed by atoms with Gasteiger partial charge in [0.15, 0.2) is 0 Å². The van der Waals surface area contributed by atoms with Gasteiger partial charge in [-0.25, -0.2) is 5.84 Å². The summed E-state index contributed by atoms with van der Waals surface area (Å²) in [6.07, 6.45) is 1.10. The average molecular weight is 291 g/mol. The van der Waals surface area contributed by atoms with E-state index in [0.717, 1.165) is 38.3 Å². The zero-order chi connectivity index (χ0) is 15.2. The van der Waals surface area contributed by atoms with Crippen LogP contribution in [0, 0.1) is 0 Å². The summed E-state index contributed by atoms with van der Waals surface area (Å²) in [5.74, 6) is 4.79. The summed E-state index contributed by atoms with van der Waals surface area (Å²) < 4.78 is 5.53. The smallest absolute Gasteiger partial charge is 0.241 e. The standard InChI is InChI=1S/C16H25N3O2/c1-3-15-11-21-9-8-19(15)10-13-4-6-14(7-5-13)12(2)16(20)18-17/h4-7,12,15H,3,8-11,17H2,1-2H3,(H,18,20). The van der Waals surface area contributed by atoms with Gasteiger partial charge in [-0.05, 0) is 24.5 Å². The molecule has 0 aromatic heterocycles. The molecule has 0 aliphatic carbocycles. The molecule has 5 heteroatoms. The first kappa shape index (κ1) is 15.9. The Balaban J connectivity index is 2.00. The second-order valence-electron chi connectivity index (χ2n) is 5.58. The van der Waals surface area contributed by atoms with Crippen molar-refractivity contribution >= 4 is 5.91 Å². The monoisotopic (exact) mass is 291 g/mol. The first-order valence-electron chi connectivity index (χ1n) is 7.56. The number of nitrogens with one attached hydrogen (secondary N) is 1. The van der Waals surface area contributed by atoms with Gasteiger partial charge in [-0.2, -0.15) is 0 Å². The van der Waals surface area contributed by atoms with Gasteiger partial charge in [0.2, 0.25) is 5.91 Å². The van der Waals surface area contributed by atoms with Crippen molar-refractivity contribution in [2.24, 2.45) is 5.84 Å². The van der Waals surface area contributed by atoms with Gasteiger partial charge >= 0.3 is 0 Å². The molecule has 1 aromatic rings. The molecule has 0 saturated carbocycles. The van der Waals surface area contributed by atoms with E-state index in [9.17, 15) is 4.79 Å². The Labute approximate surface area is 126 Å². The number of benzene rings is 1. The zero-order valence-electron chi connectivity index (χ0n) is 12.8. The van der Waals surface area contributed by atoms with Crippen LogP contribution in [0.5, 0.6) is 0 Å². The Morgan fingerprint density at radius 1 is 1.48 bits per heavy atom. The number of amides is 1.